The largest absolute Gasteiger partial charge is 0.379 e. The van der Waals surface area contributed by atoms with E-state index in [9.17, 15) is 9.59 Å². The summed E-state index contributed by atoms with van der Waals surface area (Å²) >= 11 is 1.50. The lowest BCUT2D eigenvalue weighted by atomic mass is 10.00. The summed E-state index contributed by atoms with van der Waals surface area (Å²) in [4.78, 5) is 28.2. The fourth-order valence-corrected chi connectivity index (χ4v) is 5.89. The predicted molar refractivity (Wildman–Crippen MR) is 137 cm³/mol. The maximum Gasteiger partial charge on any atom is 0.239 e. The van der Waals surface area contributed by atoms with Crippen molar-refractivity contribution >= 4 is 29.4 Å². The predicted octanol–water partition coefficient (Wildman–Crippen LogP) is 3.06. The third-order valence-electron chi connectivity index (χ3n) is 6.29. The van der Waals surface area contributed by atoms with E-state index in [1.165, 1.54) is 11.8 Å². The summed E-state index contributed by atoms with van der Waals surface area (Å²) in [5, 5.41) is 12.8. The fourth-order valence-electron chi connectivity index (χ4n) is 4.45. The molecule has 2 aliphatic rings. The highest BCUT2D eigenvalue weighted by Gasteiger charge is 2.36. The van der Waals surface area contributed by atoms with E-state index in [4.69, 9.17) is 4.74 Å². The van der Waals surface area contributed by atoms with Gasteiger partial charge in [-0.15, -0.1) is 11.8 Å². The Morgan fingerprint density at radius 2 is 1.80 bits per heavy atom. The Labute approximate surface area is 208 Å². The van der Waals surface area contributed by atoms with E-state index in [0.717, 1.165) is 55.2 Å². The average Bonchev–Trinajstić information content (AvgIpc) is 3.25. The summed E-state index contributed by atoms with van der Waals surface area (Å²) in [5.74, 6) is 0.191. The second-order valence-electron chi connectivity index (χ2n) is 8.64. The molecule has 2 aliphatic heterocycles. The molecule has 182 valence electrons. The number of H-pyrrole nitrogens is 1. The number of rotatable bonds is 7. The van der Waals surface area contributed by atoms with Crippen LogP contribution >= 0.6 is 11.8 Å². The van der Waals surface area contributed by atoms with Crippen molar-refractivity contribution in [3.05, 3.63) is 71.8 Å². The molecule has 5 rings (SSSR count). The first-order valence-corrected chi connectivity index (χ1v) is 12.8. The van der Waals surface area contributed by atoms with E-state index < -0.39 is 5.25 Å². The van der Waals surface area contributed by atoms with E-state index in [2.05, 4.69) is 37.9 Å². The summed E-state index contributed by atoms with van der Waals surface area (Å²) in [6.07, 6.45) is 0.109. The second-order valence-corrected chi connectivity index (χ2v) is 9.95. The van der Waals surface area contributed by atoms with Gasteiger partial charge in [0, 0.05) is 38.2 Å². The van der Waals surface area contributed by atoms with Crippen molar-refractivity contribution in [3.63, 3.8) is 0 Å². The van der Waals surface area contributed by atoms with Gasteiger partial charge in [0.25, 0.3) is 0 Å². The van der Waals surface area contributed by atoms with Crippen molar-refractivity contribution in [2.45, 2.75) is 16.9 Å². The zero-order valence-electron chi connectivity index (χ0n) is 19.4. The molecule has 2 unspecified atom stereocenters. The van der Waals surface area contributed by atoms with Crippen molar-refractivity contribution in [1.29, 1.82) is 0 Å². The van der Waals surface area contributed by atoms with Crippen LogP contribution in [0.1, 0.15) is 22.8 Å². The Morgan fingerprint density at radius 1 is 1.09 bits per heavy atom. The number of anilines is 1. The van der Waals surface area contributed by atoms with Crippen molar-refractivity contribution in [1.82, 2.24) is 20.4 Å². The molecule has 0 spiro atoms. The Hall–Kier alpha value is -3.14. The molecule has 35 heavy (non-hydrogen) atoms. The SMILES string of the molecule is O=C(CC1SC(c2ccccc2)c2c(n[nH]c2-c2ccccc2)NC1=O)NCCN1CCOCC1. The number of amides is 2. The van der Waals surface area contributed by atoms with Gasteiger partial charge >= 0.3 is 0 Å². The number of morpholine rings is 1. The Morgan fingerprint density at radius 3 is 2.54 bits per heavy atom. The molecule has 2 aromatic carbocycles. The van der Waals surface area contributed by atoms with Crippen LogP contribution in [0.2, 0.25) is 0 Å². The van der Waals surface area contributed by atoms with E-state index >= 15 is 0 Å². The van der Waals surface area contributed by atoms with Crippen LogP contribution in [0.15, 0.2) is 60.7 Å². The Bertz CT molecular complexity index is 1150. The van der Waals surface area contributed by atoms with Crippen LogP contribution in [-0.4, -0.2) is 71.6 Å². The molecular formula is C26H29N5O3S. The van der Waals surface area contributed by atoms with Crippen LogP contribution in [0.3, 0.4) is 0 Å². The molecule has 1 aromatic heterocycles. The monoisotopic (exact) mass is 491 g/mol. The van der Waals surface area contributed by atoms with E-state index in [1.54, 1.807) is 0 Å². The van der Waals surface area contributed by atoms with Gasteiger partial charge in [-0.2, -0.15) is 5.10 Å². The number of nitrogens with one attached hydrogen (secondary N) is 3. The lowest BCUT2D eigenvalue weighted by Crippen LogP contribution is -2.42. The van der Waals surface area contributed by atoms with E-state index in [0.29, 0.717) is 12.4 Å². The first-order chi connectivity index (χ1) is 17.2. The van der Waals surface area contributed by atoms with E-state index in [1.807, 2.05) is 48.5 Å². The number of thioether (sulfide) groups is 1. The number of benzene rings is 2. The number of aromatic amines is 1. The molecule has 9 heteroatoms. The molecule has 0 bridgehead atoms. The van der Waals surface area contributed by atoms with Crippen LogP contribution in [0.25, 0.3) is 11.3 Å². The lowest BCUT2D eigenvalue weighted by Gasteiger charge is -2.26. The van der Waals surface area contributed by atoms with Crippen molar-refractivity contribution in [3.8, 4) is 11.3 Å². The molecule has 3 aromatic rings. The number of carbonyl (C=O) groups is 2. The number of aromatic nitrogens is 2. The standard InChI is InChI=1S/C26H29N5O3S/c32-21(27-11-12-31-13-15-34-16-14-31)17-20-26(33)28-25-22(24(35-20)19-9-5-2-6-10-19)23(29-30-25)18-7-3-1-4-8-18/h1-10,20,24H,11-17H2,(H,27,32)(H2,28,29,30,33). The van der Waals surface area contributed by atoms with Crippen LogP contribution in [0.4, 0.5) is 5.82 Å². The average molecular weight is 492 g/mol. The number of hydrogen-bond acceptors (Lipinski definition) is 6. The van der Waals surface area contributed by atoms with Crippen LogP contribution < -0.4 is 10.6 Å². The molecule has 0 aliphatic carbocycles. The van der Waals surface area contributed by atoms with Crippen molar-refractivity contribution in [2.75, 3.05) is 44.7 Å². The van der Waals surface area contributed by atoms with Crippen LogP contribution in [0.5, 0.6) is 0 Å². The van der Waals surface area contributed by atoms with Crippen molar-refractivity contribution < 1.29 is 14.3 Å². The molecule has 8 nitrogen and oxygen atoms in total. The molecule has 2 atom stereocenters. The smallest absolute Gasteiger partial charge is 0.239 e. The number of carbonyl (C=O) groups excluding carboxylic acids is 2. The minimum absolute atomic E-state index is 0.109. The Balaban J connectivity index is 1.34. The van der Waals surface area contributed by atoms with Gasteiger partial charge < -0.3 is 15.4 Å². The molecule has 3 N–H and O–H groups in total. The number of ether oxygens (including phenoxy) is 1. The molecule has 1 saturated heterocycles. The topological polar surface area (TPSA) is 99.3 Å². The molecule has 0 saturated carbocycles. The van der Waals surface area contributed by atoms with Crippen LogP contribution in [0, 0.1) is 0 Å². The van der Waals surface area contributed by atoms with Gasteiger partial charge in [0.05, 0.1) is 29.4 Å². The molecule has 3 heterocycles. The minimum atomic E-state index is -0.540. The summed E-state index contributed by atoms with van der Waals surface area (Å²) in [6, 6.07) is 20.0. The molecule has 0 radical (unpaired) electrons. The first kappa shape index (κ1) is 23.6. The number of hydrogen-bond donors (Lipinski definition) is 3. The summed E-state index contributed by atoms with van der Waals surface area (Å²) in [7, 11) is 0. The third kappa shape index (κ3) is 5.58. The van der Waals surface area contributed by atoms with Gasteiger partial charge in [-0.05, 0) is 11.1 Å². The third-order valence-corrected chi connectivity index (χ3v) is 7.78. The number of fused-ring (bicyclic) bond motifs is 1. The highest BCUT2D eigenvalue weighted by atomic mass is 32.2. The lowest BCUT2D eigenvalue weighted by molar-refractivity contribution is -0.124. The van der Waals surface area contributed by atoms with Gasteiger partial charge in [0.1, 0.15) is 0 Å². The van der Waals surface area contributed by atoms with Gasteiger partial charge in [-0.3, -0.25) is 19.6 Å². The zero-order chi connectivity index (χ0) is 24.0. The molecule has 1 fully saturated rings. The molecule has 2 amide bonds. The summed E-state index contributed by atoms with van der Waals surface area (Å²) in [5.41, 5.74) is 3.86. The van der Waals surface area contributed by atoms with Gasteiger partial charge in [0.2, 0.25) is 11.8 Å². The summed E-state index contributed by atoms with van der Waals surface area (Å²) < 4.78 is 5.37. The normalized spacial score (nSPS) is 20.5. The summed E-state index contributed by atoms with van der Waals surface area (Å²) in [6.45, 7) is 4.55. The van der Waals surface area contributed by atoms with Crippen molar-refractivity contribution in [2.24, 2.45) is 0 Å². The fraction of sp³-hybridized carbons (Fsp3) is 0.346. The minimum Gasteiger partial charge on any atom is -0.379 e. The zero-order valence-corrected chi connectivity index (χ0v) is 20.2. The van der Waals surface area contributed by atoms with Gasteiger partial charge in [0.15, 0.2) is 5.82 Å². The maximum absolute atomic E-state index is 13.2. The van der Waals surface area contributed by atoms with Crippen LogP contribution in [-0.2, 0) is 14.3 Å². The molecular weight excluding hydrogens is 462 g/mol. The van der Waals surface area contributed by atoms with Gasteiger partial charge in [-0.25, -0.2) is 0 Å². The van der Waals surface area contributed by atoms with Gasteiger partial charge in [-0.1, -0.05) is 60.7 Å². The quantitative estimate of drug-likeness (QED) is 0.470. The highest BCUT2D eigenvalue weighted by molar-refractivity contribution is 8.01. The first-order valence-electron chi connectivity index (χ1n) is 11.9. The Kier molecular flexibility index (Phi) is 7.46. The maximum atomic E-state index is 13.2. The van der Waals surface area contributed by atoms with E-state index in [-0.39, 0.29) is 23.5 Å². The second kappa shape index (κ2) is 11.1. The highest BCUT2D eigenvalue weighted by Crippen LogP contribution is 2.47. The number of nitrogens with zero attached hydrogens (tertiary/aromatic N) is 2.